The van der Waals surface area contributed by atoms with E-state index in [2.05, 4.69) is 6.58 Å². The zero-order chi connectivity index (χ0) is 17.4. The van der Waals surface area contributed by atoms with Gasteiger partial charge in [-0.25, -0.2) is 4.79 Å². The third kappa shape index (κ3) is 5.65. The van der Waals surface area contributed by atoms with Crippen molar-refractivity contribution in [3.8, 4) is 11.5 Å². The van der Waals surface area contributed by atoms with Crippen LogP contribution in [0.3, 0.4) is 0 Å². The summed E-state index contributed by atoms with van der Waals surface area (Å²) >= 11 is 0. The van der Waals surface area contributed by atoms with Crippen molar-refractivity contribution in [2.75, 3.05) is 26.3 Å². The average Bonchev–Trinajstić information content (AvgIpc) is 2.50. The summed E-state index contributed by atoms with van der Waals surface area (Å²) in [4.78, 5) is 24.8. The number of hydrogen-bond donors (Lipinski definition) is 1. The Bertz CT molecular complexity index is 582. The van der Waals surface area contributed by atoms with Crippen molar-refractivity contribution >= 4 is 11.9 Å². The Balaban J connectivity index is 3.03. The number of nitrogens with zero attached hydrogens (tertiary/aromatic N) is 1. The van der Waals surface area contributed by atoms with Crippen LogP contribution in [0.1, 0.15) is 31.1 Å². The normalized spacial score (nSPS) is 10.0. The van der Waals surface area contributed by atoms with Gasteiger partial charge in [-0.05, 0) is 39.0 Å². The van der Waals surface area contributed by atoms with Crippen LogP contribution in [0.15, 0.2) is 30.4 Å². The summed E-state index contributed by atoms with van der Waals surface area (Å²) in [6, 6.07) is 4.73. The third-order valence-corrected chi connectivity index (χ3v) is 2.97. The smallest absolute Gasteiger partial charge is 0.341 e. The van der Waals surface area contributed by atoms with Crippen LogP contribution in [0.5, 0.6) is 11.5 Å². The molecule has 0 radical (unpaired) electrons. The molecule has 1 aromatic rings. The molecule has 6 heteroatoms. The minimum absolute atomic E-state index is 0.138. The van der Waals surface area contributed by atoms with Crippen molar-refractivity contribution in [1.29, 1.82) is 0 Å². The second-order valence-corrected chi connectivity index (χ2v) is 5.05. The maximum atomic E-state index is 12.5. The highest BCUT2D eigenvalue weighted by Gasteiger charge is 2.17. The lowest BCUT2D eigenvalue weighted by atomic mass is 10.1. The maximum absolute atomic E-state index is 12.5. The van der Waals surface area contributed by atoms with Crippen LogP contribution in [-0.4, -0.2) is 48.2 Å². The Morgan fingerprint density at radius 2 is 1.91 bits per heavy atom. The summed E-state index contributed by atoms with van der Waals surface area (Å²) in [6.45, 7) is 10.3. The van der Waals surface area contributed by atoms with Gasteiger partial charge in [0, 0.05) is 18.7 Å². The van der Waals surface area contributed by atoms with Crippen LogP contribution in [0.4, 0.5) is 0 Å². The van der Waals surface area contributed by atoms with Crippen molar-refractivity contribution in [3.63, 3.8) is 0 Å². The lowest BCUT2D eigenvalue weighted by Crippen LogP contribution is -2.32. The Hall–Kier alpha value is -2.50. The number of rotatable bonds is 9. The second-order valence-electron chi connectivity index (χ2n) is 5.05. The van der Waals surface area contributed by atoms with Crippen molar-refractivity contribution in [2.24, 2.45) is 0 Å². The first-order chi connectivity index (χ1) is 10.9. The van der Waals surface area contributed by atoms with Gasteiger partial charge in [0.2, 0.25) is 0 Å². The van der Waals surface area contributed by atoms with Gasteiger partial charge in [-0.15, -0.1) is 0 Å². The Labute approximate surface area is 136 Å². The van der Waals surface area contributed by atoms with Crippen molar-refractivity contribution in [1.82, 2.24) is 4.90 Å². The van der Waals surface area contributed by atoms with Gasteiger partial charge in [-0.2, -0.15) is 0 Å². The molecule has 0 aliphatic heterocycles. The van der Waals surface area contributed by atoms with E-state index in [1.54, 1.807) is 30.0 Å². The molecule has 0 unspecified atom stereocenters. The minimum Gasteiger partial charge on any atom is -0.490 e. The molecule has 0 saturated heterocycles. The summed E-state index contributed by atoms with van der Waals surface area (Å²) in [5.74, 6) is -0.563. The molecule has 23 heavy (non-hydrogen) atoms. The standard InChI is InChI=1S/C17H23NO5/c1-5-18(10-12(3)4)17(21)13-7-8-14(23-11-16(19)20)15(9-13)22-6-2/h7-9H,3,5-6,10-11H2,1-2,4H3,(H,19,20). The van der Waals surface area contributed by atoms with E-state index in [0.717, 1.165) is 5.57 Å². The molecule has 1 aromatic carbocycles. The molecule has 126 valence electrons. The molecule has 0 atom stereocenters. The van der Waals surface area contributed by atoms with E-state index in [0.29, 0.717) is 36.8 Å². The predicted molar refractivity (Wildman–Crippen MR) is 87.1 cm³/mol. The fourth-order valence-corrected chi connectivity index (χ4v) is 2.00. The topological polar surface area (TPSA) is 76.1 Å². The molecule has 0 saturated carbocycles. The first-order valence-electron chi connectivity index (χ1n) is 7.44. The Morgan fingerprint density at radius 3 is 2.43 bits per heavy atom. The predicted octanol–water partition coefficient (Wildman–Crippen LogP) is 2.59. The number of ether oxygens (including phenoxy) is 2. The van der Waals surface area contributed by atoms with Crippen LogP contribution >= 0.6 is 0 Å². The third-order valence-electron chi connectivity index (χ3n) is 2.97. The SMILES string of the molecule is C=C(C)CN(CC)C(=O)c1ccc(OCC(=O)O)c(OCC)c1. The van der Waals surface area contributed by atoms with Crippen molar-refractivity contribution < 1.29 is 24.2 Å². The lowest BCUT2D eigenvalue weighted by molar-refractivity contribution is -0.139. The summed E-state index contributed by atoms with van der Waals surface area (Å²) in [5.41, 5.74) is 1.35. The zero-order valence-electron chi connectivity index (χ0n) is 13.8. The van der Waals surface area contributed by atoms with Crippen molar-refractivity contribution in [3.05, 3.63) is 35.9 Å². The van der Waals surface area contributed by atoms with E-state index in [4.69, 9.17) is 14.6 Å². The number of hydrogen-bond acceptors (Lipinski definition) is 4. The van der Waals surface area contributed by atoms with Gasteiger partial charge in [0.15, 0.2) is 18.1 Å². The summed E-state index contributed by atoms with van der Waals surface area (Å²) in [5, 5.41) is 8.69. The van der Waals surface area contributed by atoms with Crippen molar-refractivity contribution in [2.45, 2.75) is 20.8 Å². The quantitative estimate of drug-likeness (QED) is 0.708. The largest absolute Gasteiger partial charge is 0.490 e. The fourth-order valence-electron chi connectivity index (χ4n) is 2.00. The Morgan fingerprint density at radius 1 is 1.22 bits per heavy atom. The first kappa shape index (κ1) is 18.5. The molecular formula is C17H23NO5. The highest BCUT2D eigenvalue weighted by molar-refractivity contribution is 5.95. The Kier molecular flexibility index (Phi) is 7.12. The van der Waals surface area contributed by atoms with Gasteiger partial charge in [0.1, 0.15) is 0 Å². The molecule has 1 rings (SSSR count). The number of aliphatic carboxylic acids is 1. The molecule has 0 fully saturated rings. The molecule has 0 aromatic heterocycles. The average molecular weight is 321 g/mol. The highest BCUT2D eigenvalue weighted by Crippen LogP contribution is 2.29. The van der Waals surface area contributed by atoms with Gasteiger partial charge in [0.25, 0.3) is 5.91 Å². The van der Waals surface area contributed by atoms with Gasteiger partial charge in [0.05, 0.1) is 6.61 Å². The zero-order valence-corrected chi connectivity index (χ0v) is 13.8. The van der Waals surface area contributed by atoms with Crippen LogP contribution in [0.25, 0.3) is 0 Å². The van der Waals surface area contributed by atoms with Crippen LogP contribution < -0.4 is 9.47 Å². The summed E-state index contributed by atoms with van der Waals surface area (Å²) in [6.07, 6.45) is 0. The van der Waals surface area contributed by atoms with Gasteiger partial charge in [-0.3, -0.25) is 4.79 Å². The maximum Gasteiger partial charge on any atom is 0.341 e. The molecule has 6 nitrogen and oxygen atoms in total. The fraction of sp³-hybridized carbons (Fsp3) is 0.412. The molecule has 1 amide bonds. The molecule has 0 heterocycles. The minimum atomic E-state index is -1.08. The monoisotopic (exact) mass is 321 g/mol. The van der Waals surface area contributed by atoms with Gasteiger partial charge >= 0.3 is 5.97 Å². The number of carboxylic acids is 1. The van der Waals surface area contributed by atoms with E-state index in [9.17, 15) is 9.59 Å². The lowest BCUT2D eigenvalue weighted by Gasteiger charge is -2.21. The highest BCUT2D eigenvalue weighted by atomic mass is 16.5. The van der Waals surface area contributed by atoms with Gasteiger partial charge < -0.3 is 19.5 Å². The molecule has 0 bridgehead atoms. The van der Waals surface area contributed by atoms with Crippen LogP contribution in [-0.2, 0) is 4.79 Å². The number of benzene rings is 1. The number of carbonyl (C=O) groups excluding carboxylic acids is 1. The van der Waals surface area contributed by atoms with Crippen LogP contribution in [0, 0.1) is 0 Å². The summed E-state index contributed by atoms with van der Waals surface area (Å²) < 4.78 is 10.6. The molecule has 1 N–H and O–H groups in total. The first-order valence-corrected chi connectivity index (χ1v) is 7.44. The molecular weight excluding hydrogens is 298 g/mol. The van der Waals surface area contributed by atoms with E-state index < -0.39 is 12.6 Å². The number of amides is 1. The van der Waals surface area contributed by atoms with Gasteiger partial charge in [-0.1, -0.05) is 12.2 Å². The number of carbonyl (C=O) groups is 2. The molecule has 0 aliphatic rings. The molecule has 0 aliphatic carbocycles. The van der Waals surface area contributed by atoms with E-state index in [-0.39, 0.29) is 5.91 Å². The number of likely N-dealkylation sites (N-methyl/N-ethyl adjacent to an activating group) is 1. The summed E-state index contributed by atoms with van der Waals surface area (Å²) in [7, 11) is 0. The second kappa shape index (κ2) is 8.82. The molecule has 0 spiro atoms. The van der Waals surface area contributed by atoms with E-state index in [1.807, 2.05) is 13.8 Å². The number of carboxylic acid groups (broad SMARTS) is 1. The van der Waals surface area contributed by atoms with E-state index in [1.165, 1.54) is 0 Å². The van der Waals surface area contributed by atoms with Crippen LogP contribution in [0.2, 0.25) is 0 Å². The van der Waals surface area contributed by atoms with E-state index >= 15 is 0 Å².